The number of carbonyl (C=O) groups excluding carboxylic acids is 1. The Hall–Kier alpha value is -1.07. The summed E-state index contributed by atoms with van der Waals surface area (Å²) in [5.74, 6) is 1.40. The second-order valence-corrected chi connectivity index (χ2v) is 6.86. The van der Waals surface area contributed by atoms with Crippen molar-refractivity contribution in [3.8, 4) is 5.75 Å². The third-order valence-corrected chi connectivity index (χ3v) is 4.81. The van der Waals surface area contributed by atoms with Crippen LogP contribution in [-0.2, 0) is 10.5 Å². The van der Waals surface area contributed by atoms with Crippen LogP contribution in [0.2, 0.25) is 15.1 Å². The maximum atomic E-state index is 11.9. The summed E-state index contributed by atoms with van der Waals surface area (Å²) < 4.78 is 5.07. The molecule has 2 rings (SSSR count). The molecule has 122 valence electrons. The van der Waals surface area contributed by atoms with E-state index in [4.69, 9.17) is 39.5 Å². The van der Waals surface area contributed by atoms with Gasteiger partial charge in [-0.3, -0.25) is 4.79 Å². The summed E-state index contributed by atoms with van der Waals surface area (Å²) in [4.78, 5) is 11.9. The number of nitrogens with one attached hydrogen (secondary N) is 1. The number of ether oxygens (including phenoxy) is 1. The van der Waals surface area contributed by atoms with Crippen LogP contribution in [0.1, 0.15) is 5.56 Å². The van der Waals surface area contributed by atoms with E-state index in [1.54, 1.807) is 30.3 Å². The van der Waals surface area contributed by atoms with Gasteiger partial charge in [0.05, 0.1) is 17.9 Å². The van der Waals surface area contributed by atoms with Crippen LogP contribution in [0.15, 0.2) is 36.4 Å². The fourth-order valence-corrected chi connectivity index (χ4v) is 3.48. The Morgan fingerprint density at radius 2 is 1.91 bits per heavy atom. The van der Waals surface area contributed by atoms with Crippen LogP contribution in [-0.4, -0.2) is 18.8 Å². The third-order valence-electron chi connectivity index (χ3n) is 2.94. The van der Waals surface area contributed by atoms with E-state index in [2.05, 4.69) is 5.32 Å². The van der Waals surface area contributed by atoms with E-state index in [9.17, 15) is 4.79 Å². The molecule has 7 heteroatoms. The first-order valence-corrected chi connectivity index (χ1v) is 8.93. The first-order chi connectivity index (χ1) is 11.0. The van der Waals surface area contributed by atoms with Gasteiger partial charge in [-0.2, -0.15) is 0 Å². The highest BCUT2D eigenvalue weighted by atomic mass is 35.5. The van der Waals surface area contributed by atoms with Crippen molar-refractivity contribution < 1.29 is 9.53 Å². The maximum absolute atomic E-state index is 11.9. The number of benzene rings is 2. The van der Waals surface area contributed by atoms with Crippen LogP contribution < -0.4 is 10.1 Å². The highest BCUT2D eigenvalue weighted by Gasteiger charge is 2.07. The number of carbonyl (C=O) groups is 1. The zero-order chi connectivity index (χ0) is 16.8. The van der Waals surface area contributed by atoms with Gasteiger partial charge in [0.15, 0.2) is 0 Å². The number of amides is 1. The minimum Gasteiger partial charge on any atom is -0.495 e. The number of hydrogen-bond donors (Lipinski definition) is 1. The van der Waals surface area contributed by atoms with Gasteiger partial charge in [0, 0.05) is 21.5 Å². The lowest BCUT2D eigenvalue weighted by Crippen LogP contribution is -2.14. The van der Waals surface area contributed by atoms with Crippen molar-refractivity contribution in [2.75, 3.05) is 18.2 Å². The largest absolute Gasteiger partial charge is 0.495 e. The molecule has 0 radical (unpaired) electrons. The van der Waals surface area contributed by atoms with Crippen molar-refractivity contribution in [2.45, 2.75) is 5.75 Å². The highest BCUT2D eigenvalue weighted by Crippen LogP contribution is 2.28. The smallest absolute Gasteiger partial charge is 0.234 e. The Bertz CT molecular complexity index is 710. The summed E-state index contributed by atoms with van der Waals surface area (Å²) in [6, 6.07) is 10.4. The van der Waals surface area contributed by atoms with Crippen LogP contribution in [0.5, 0.6) is 5.75 Å². The van der Waals surface area contributed by atoms with Gasteiger partial charge in [0.2, 0.25) is 5.91 Å². The standard InChI is InChI=1S/C16H14Cl3NO2S/c1-22-15-5-4-12(7-14(15)19)20-16(21)9-23-8-10-2-3-11(17)6-13(10)18/h2-7H,8-9H2,1H3,(H,20,21). The molecule has 0 aromatic heterocycles. The molecule has 0 unspecified atom stereocenters. The molecule has 1 N–H and O–H groups in total. The average Bonchev–Trinajstić information content (AvgIpc) is 2.49. The summed E-state index contributed by atoms with van der Waals surface area (Å²) in [5.41, 5.74) is 1.58. The number of hydrogen-bond acceptors (Lipinski definition) is 3. The van der Waals surface area contributed by atoms with E-state index in [0.717, 1.165) is 5.56 Å². The molecule has 0 spiro atoms. The molecule has 0 bridgehead atoms. The van der Waals surface area contributed by atoms with Crippen LogP contribution in [0.25, 0.3) is 0 Å². The van der Waals surface area contributed by atoms with E-state index < -0.39 is 0 Å². The molecule has 0 aliphatic carbocycles. The van der Waals surface area contributed by atoms with E-state index in [1.807, 2.05) is 6.07 Å². The zero-order valence-electron chi connectivity index (χ0n) is 12.2. The van der Waals surface area contributed by atoms with E-state index in [-0.39, 0.29) is 5.91 Å². The molecule has 0 heterocycles. The van der Waals surface area contributed by atoms with Crippen LogP contribution in [0, 0.1) is 0 Å². The second-order valence-electron chi connectivity index (χ2n) is 4.63. The zero-order valence-corrected chi connectivity index (χ0v) is 15.3. The topological polar surface area (TPSA) is 38.3 Å². The van der Waals surface area contributed by atoms with E-state index >= 15 is 0 Å². The molecule has 3 nitrogen and oxygen atoms in total. The predicted octanol–water partition coefficient (Wildman–Crippen LogP) is 5.53. The van der Waals surface area contributed by atoms with Gasteiger partial charge in [-0.1, -0.05) is 40.9 Å². The molecule has 23 heavy (non-hydrogen) atoms. The Morgan fingerprint density at radius 1 is 1.13 bits per heavy atom. The van der Waals surface area contributed by atoms with Gasteiger partial charge in [0.1, 0.15) is 5.75 Å². The lowest BCUT2D eigenvalue weighted by molar-refractivity contribution is -0.113. The Balaban J connectivity index is 1.84. The van der Waals surface area contributed by atoms with E-state index in [1.165, 1.54) is 18.9 Å². The molecular formula is C16H14Cl3NO2S. The number of anilines is 1. The molecule has 0 fully saturated rings. The van der Waals surface area contributed by atoms with Crippen molar-refractivity contribution >= 4 is 58.2 Å². The summed E-state index contributed by atoms with van der Waals surface area (Å²) in [6.07, 6.45) is 0. The Labute approximate surface area is 154 Å². The van der Waals surface area contributed by atoms with E-state index in [0.29, 0.717) is 38.0 Å². The molecule has 0 saturated carbocycles. The summed E-state index contributed by atoms with van der Waals surface area (Å²) >= 11 is 19.4. The number of rotatable bonds is 6. The molecule has 2 aromatic rings. The molecule has 0 aliphatic heterocycles. The average molecular weight is 391 g/mol. The van der Waals surface area contributed by atoms with Gasteiger partial charge < -0.3 is 10.1 Å². The SMILES string of the molecule is COc1ccc(NC(=O)CSCc2ccc(Cl)cc2Cl)cc1Cl. The van der Waals surface area contributed by atoms with Crippen LogP contribution >= 0.6 is 46.6 Å². The van der Waals surface area contributed by atoms with Crippen molar-refractivity contribution in [2.24, 2.45) is 0 Å². The van der Waals surface area contributed by atoms with Gasteiger partial charge >= 0.3 is 0 Å². The molecule has 0 saturated heterocycles. The number of thioether (sulfide) groups is 1. The first kappa shape index (κ1) is 18.3. The van der Waals surface area contributed by atoms with Crippen LogP contribution in [0.4, 0.5) is 5.69 Å². The van der Waals surface area contributed by atoms with Gasteiger partial charge in [-0.15, -0.1) is 11.8 Å². The van der Waals surface area contributed by atoms with Gasteiger partial charge in [-0.05, 0) is 35.9 Å². The normalized spacial score (nSPS) is 10.4. The fourth-order valence-electron chi connectivity index (χ4n) is 1.83. The van der Waals surface area contributed by atoms with Gasteiger partial charge in [-0.25, -0.2) is 0 Å². The Kier molecular flexibility index (Phi) is 6.90. The predicted molar refractivity (Wildman–Crippen MR) is 99.3 cm³/mol. The molecule has 0 aliphatic rings. The highest BCUT2D eigenvalue weighted by molar-refractivity contribution is 7.99. The van der Waals surface area contributed by atoms with Crippen LogP contribution in [0.3, 0.4) is 0 Å². The van der Waals surface area contributed by atoms with Crippen molar-refractivity contribution in [1.29, 1.82) is 0 Å². The summed E-state index contributed by atoms with van der Waals surface area (Å²) in [6.45, 7) is 0. The third kappa shape index (κ3) is 5.50. The number of methoxy groups -OCH3 is 1. The minimum absolute atomic E-state index is 0.110. The molecule has 2 aromatic carbocycles. The second kappa shape index (κ2) is 8.69. The molecule has 1 amide bonds. The lowest BCUT2D eigenvalue weighted by Gasteiger charge is -2.08. The minimum atomic E-state index is -0.110. The Morgan fingerprint density at radius 3 is 2.57 bits per heavy atom. The fraction of sp³-hybridized carbons (Fsp3) is 0.188. The van der Waals surface area contributed by atoms with Crippen molar-refractivity contribution in [3.05, 3.63) is 57.0 Å². The monoisotopic (exact) mass is 389 g/mol. The van der Waals surface area contributed by atoms with Crippen molar-refractivity contribution in [1.82, 2.24) is 0 Å². The summed E-state index contributed by atoms with van der Waals surface area (Å²) in [5, 5.41) is 4.44. The summed E-state index contributed by atoms with van der Waals surface area (Å²) in [7, 11) is 1.54. The maximum Gasteiger partial charge on any atom is 0.234 e. The first-order valence-electron chi connectivity index (χ1n) is 6.64. The number of halogens is 3. The molecule has 0 atom stereocenters. The van der Waals surface area contributed by atoms with Gasteiger partial charge in [0.25, 0.3) is 0 Å². The van der Waals surface area contributed by atoms with Crippen molar-refractivity contribution in [3.63, 3.8) is 0 Å². The quantitative estimate of drug-likeness (QED) is 0.705. The molecular weight excluding hydrogens is 377 g/mol. The lowest BCUT2D eigenvalue weighted by atomic mass is 10.2.